The summed E-state index contributed by atoms with van der Waals surface area (Å²) in [5.74, 6) is 0. The van der Waals surface area contributed by atoms with Gasteiger partial charge in [-0.3, -0.25) is 4.40 Å². The molecule has 17 heavy (non-hydrogen) atoms. The lowest BCUT2D eigenvalue weighted by Gasteiger charge is -2.01. The molecule has 3 aromatic rings. The molecule has 0 saturated heterocycles. The molecule has 86 valence electrons. The molecule has 0 fully saturated rings. The lowest BCUT2D eigenvalue weighted by Crippen LogP contribution is -2.01. The van der Waals surface area contributed by atoms with E-state index in [2.05, 4.69) is 37.4 Å². The third-order valence-corrected chi connectivity index (χ3v) is 3.96. The molecule has 0 saturated carbocycles. The first-order valence-electron chi connectivity index (χ1n) is 5.20. The Bertz CT molecular complexity index is 654. The van der Waals surface area contributed by atoms with Gasteiger partial charge in [-0.1, -0.05) is 28.1 Å². The standard InChI is InChI=1S/C12H10BrN3S/c13-9-3-1-8(2-4-9)11-10(7-14)16-5-6-17-12(16)15-11/h1-6H,7,14H2. The van der Waals surface area contributed by atoms with Gasteiger partial charge in [0.15, 0.2) is 4.96 Å². The van der Waals surface area contributed by atoms with Crippen LogP contribution >= 0.6 is 27.3 Å². The molecule has 1 aromatic carbocycles. The zero-order chi connectivity index (χ0) is 11.8. The molecular formula is C12H10BrN3S. The van der Waals surface area contributed by atoms with Crippen LogP contribution in [0.4, 0.5) is 0 Å². The number of nitrogens with zero attached hydrogens (tertiary/aromatic N) is 2. The number of fused-ring (bicyclic) bond motifs is 1. The number of nitrogens with two attached hydrogens (primary N) is 1. The van der Waals surface area contributed by atoms with Crippen molar-refractivity contribution >= 4 is 32.2 Å². The Labute approximate surface area is 111 Å². The average molecular weight is 308 g/mol. The first-order chi connectivity index (χ1) is 8.29. The fourth-order valence-electron chi connectivity index (χ4n) is 1.87. The average Bonchev–Trinajstić information content (AvgIpc) is 2.89. The molecule has 0 amide bonds. The maximum atomic E-state index is 5.82. The number of rotatable bonds is 2. The van der Waals surface area contributed by atoms with Crippen LogP contribution in [0.5, 0.6) is 0 Å². The molecule has 2 heterocycles. The first kappa shape index (κ1) is 11.0. The number of hydrogen-bond donors (Lipinski definition) is 1. The summed E-state index contributed by atoms with van der Waals surface area (Å²) >= 11 is 5.06. The van der Waals surface area contributed by atoms with E-state index < -0.39 is 0 Å². The summed E-state index contributed by atoms with van der Waals surface area (Å²) in [5, 5.41) is 2.02. The molecule has 5 heteroatoms. The summed E-state index contributed by atoms with van der Waals surface area (Å²) in [7, 11) is 0. The monoisotopic (exact) mass is 307 g/mol. The Morgan fingerprint density at radius 3 is 2.76 bits per heavy atom. The van der Waals surface area contributed by atoms with Gasteiger partial charge in [-0.15, -0.1) is 11.3 Å². The Kier molecular flexibility index (Phi) is 2.74. The Morgan fingerprint density at radius 1 is 1.29 bits per heavy atom. The Hall–Kier alpha value is -1.17. The maximum Gasteiger partial charge on any atom is 0.194 e. The zero-order valence-corrected chi connectivity index (χ0v) is 11.3. The molecule has 0 aliphatic heterocycles. The largest absolute Gasteiger partial charge is 0.325 e. The second-order valence-corrected chi connectivity index (χ2v) is 5.46. The van der Waals surface area contributed by atoms with E-state index in [0.717, 1.165) is 26.4 Å². The van der Waals surface area contributed by atoms with Gasteiger partial charge in [-0.2, -0.15) is 0 Å². The molecule has 0 spiro atoms. The number of benzene rings is 1. The second kappa shape index (κ2) is 4.25. The van der Waals surface area contributed by atoms with Crippen molar-refractivity contribution in [1.29, 1.82) is 0 Å². The Morgan fingerprint density at radius 2 is 2.06 bits per heavy atom. The van der Waals surface area contributed by atoms with Crippen molar-refractivity contribution < 1.29 is 0 Å². The van der Waals surface area contributed by atoms with E-state index in [0.29, 0.717) is 6.54 Å². The van der Waals surface area contributed by atoms with Gasteiger partial charge in [0, 0.05) is 28.2 Å². The molecule has 0 aliphatic rings. The van der Waals surface area contributed by atoms with Gasteiger partial charge in [-0.05, 0) is 12.1 Å². The number of imidazole rings is 1. The van der Waals surface area contributed by atoms with Gasteiger partial charge < -0.3 is 5.73 Å². The molecule has 0 unspecified atom stereocenters. The lowest BCUT2D eigenvalue weighted by atomic mass is 10.1. The molecule has 0 radical (unpaired) electrons. The summed E-state index contributed by atoms with van der Waals surface area (Å²) in [6, 6.07) is 8.14. The van der Waals surface area contributed by atoms with Crippen LogP contribution in [0, 0.1) is 0 Å². The molecule has 0 atom stereocenters. The number of thiazole rings is 1. The maximum absolute atomic E-state index is 5.82. The predicted molar refractivity (Wildman–Crippen MR) is 74.1 cm³/mol. The van der Waals surface area contributed by atoms with Crippen LogP contribution in [0.1, 0.15) is 5.69 Å². The Balaban J connectivity index is 2.22. The van der Waals surface area contributed by atoms with Gasteiger partial charge >= 0.3 is 0 Å². The van der Waals surface area contributed by atoms with Crippen molar-refractivity contribution in [2.45, 2.75) is 6.54 Å². The quantitative estimate of drug-likeness (QED) is 0.789. The van der Waals surface area contributed by atoms with Gasteiger partial charge in [0.05, 0.1) is 11.4 Å². The van der Waals surface area contributed by atoms with E-state index in [1.165, 1.54) is 0 Å². The van der Waals surface area contributed by atoms with Gasteiger partial charge in [0.25, 0.3) is 0 Å². The van der Waals surface area contributed by atoms with Crippen molar-refractivity contribution in [3.63, 3.8) is 0 Å². The summed E-state index contributed by atoms with van der Waals surface area (Å²) in [5.41, 5.74) is 8.96. The van der Waals surface area contributed by atoms with Crippen molar-refractivity contribution in [1.82, 2.24) is 9.38 Å². The van der Waals surface area contributed by atoms with Gasteiger partial charge in [-0.25, -0.2) is 4.98 Å². The van der Waals surface area contributed by atoms with Crippen molar-refractivity contribution in [2.75, 3.05) is 0 Å². The zero-order valence-electron chi connectivity index (χ0n) is 8.93. The fourth-order valence-corrected chi connectivity index (χ4v) is 2.86. The van der Waals surface area contributed by atoms with E-state index in [1.54, 1.807) is 11.3 Å². The van der Waals surface area contributed by atoms with Crippen LogP contribution in [0.25, 0.3) is 16.2 Å². The molecule has 0 bridgehead atoms. The minimum atomic E-state index is 0.489. The van der Waals surface area contributed by atoms with Crippen LogP contribution in [0.2, 0.25) is 0 Å². The minimum Gasteiger partial charge on any atom is -0.325 e. The van der Waals surface area contributed by atoms with Crippen molar-refractivity contribution in [3.8, 4) is 11.3 Å². The summed E-state index contributed by atoms with van der Waals surface area (Å²) in [6.45, 7) is 0.489. The topological polar surface area (TPSA) is 43.3 Å². The van der Waals surface area contributed by atoms with Crippen molar-refractivity contribution in [3.05, 3.63) is 46.0 Å². The second-order valence-electron chi connectivity index (χ2n) is 3.67. The molecular weight excluding hydrogens is 298 g/mol. The summed E-state index contributed by atoms with van der Waals surface area (Å²) in [6.07, 6.45) is 2.01. The minimum absolute atomic E-state index is 0.489. The molecule has 3 rings (SSSR count). The highest BCUT2D eigenvalue weighted by Gasteiger charge is 2.13. The highest BCUT2D eigenvalue weighted by Crippen LogP contribution is 2.27. The molecule has 0 aliphatic carbocycles. The number of halogens is 1. The van der Waals surface area contributed by atoms with E-state index >= 15 is 0 Å². The first-order valence-corrected chi connectivity index (χ1v) is 6.87. The van der Waals surface area contributed by atoms with Crippen LogP contribution in [-0.4, -0.2) is 9.38 Å². The van der Waals surface area contributed by atoms with Crippen molar-refractivity contribution in [2.24, 2.45) is 5.73 Å². The van der Waals surface area contributed by atoms with Gasteiger partial charge in [0.1, 0.15) is 0 Å². The van der Waals surface area contributed by atoms with Crippen LogP contribution < -0.4 is 5.73 Å². The summed E-state index contributed by atoms with van der Waals surface area (Å²) in [4.78, 5) is 5.62. The van der Waals surface area contributed by atoms with Crippen LogP contribution in [0.3, 0.4) is 0 Å². The molecule has 2 N–H and O–H groups in total. The molecule has 2 aromatic heterocycles. The predicted octanol–water partition coefficient (Wildman–Crippen LogP) is 3.28. The van der Waals surface area contributed by atoms with E-state index in [9.17, 15) is 0 Å². The van der Waals surface area contributed by atoms with E-state index in [4.69, 9.17) is 5.73 Å². The normalized spacial score (nSPS) is 11.2. The lowest BCUT2D eigenvalue weighted by molar-refractivity contribution is 0.970. The SMILES string of the molecule is NCc1c(-c2ccc(Br)cc2)nc2sccn12. The van der Waals surface area contributed by atoms with E-state index in [-0.39, 0.29) is 0 Å². The fraction of sp³-hybridized carbons (Fsp3) is 0.0833. The smallest absolute Gasteiger partial charge is 0.194 e. The highest BCUT2D eigenvalue weighted by molar-refractivity contribution is 9.10. The highest BCUT2D eigenvalue weighted by atomic mass is 79.9. The van der Waals surface area contributed by atoms with Crippen LogP contribution in [0.15, 0.2) is 40.3 Å². The van der Waals surface area contributed by atoms with Gasteiger partial charge in [0.2, 0.25) is 0 Å². The number of aromatic nitrogens is 2. The summed E-state index contributed by atoms with van der Waals surface area (Å²) < 4.78 is 3.12. The molecule has 3 nitrogen and oxygen atoms in total. The third kappa shape index (κ3) is 1.80. The third-order valence-electron chi connectivity index (χ3n) is 2.67. The van der Waals surface area contributed by atoms with Crippen LogP contribution in [-0.2, 0) is 6.54 Å². The van der Waals surface area contributed by atoms with E-state index in [1.807, 2.05) is 23.7 Å². The number of hydrogen-bond acceptors (Lipinski definition) is 3.